The average Bonchev–Trinajstić information content (AvgIpc) is 2.50. The molecular weight excluding hydrogens is 308 g/mol. The minimum atomic E-state index is -0.849. The number of aliphatic hydroxyl groups excluding tert-OH is 1. The van der Waals surface area contributed by atoms with Crippen molar-refractivity contribution in [3.63, 3.8) is 0 Å². The van der Waals surface area contributed by atoms with Gasteiger partial charge in [-0.3, -0.25) is 4.79 Å². The van der Waals surface area contributed by atoms with Crippen molar-refractivity contribution in [2.75, 3.05) is 20.8 Å². The molecule has 0 aliphatic rings. The van der Waals surface area contributed by atoms with E-state index in [1.54, 1.807) is 32.0 Å². The number of hydrogen-bond acceptors (Lipinski definition) is 5. The molecule has 0 saturated carbocycles. The van der Waals surface area contributed by atoms with Crippen LogP contribution in [0, 0.1) is 5.92 Å². The molecule has 7 heteroatoms. The Balaban J connectivity index is 0.00000441. The van der Waals surface area contributed by atoms with Crippen LogP contribution in [-0.4, -0.2) is 37.8 Å². The van der Waals surface area contributed by atoms with E-state index in [9.17, 15) is 9.90 Å². The number of nitrogens with one attached hydrogen (secondary N) is 1. The molecule has 0 bridgehead atoms. The van der Waals surface area contributed by atoms with Gasteiger partial charge in [0.2, 0.25) is 5.91 Å². The zero-order valence-corrected chi connectivity index (χ0v) is 14.1. The summed E-state index contributed by atoms with van der Waals surface area (Å²) >= 11 is 0. The van der Waals surface area contributed by atoms with Crippen LogP contribution in [0.4, 0.5) is 0 Å². The molecule has 6 nitrogen and oxygen atoms in total. The van der Waals surface area contributed by atoms with Crippen molar-refractivity contribution in [2.24, 2.45) is 11.7 Å². The molecule has 0 aromatic heterocycles. The summed E-state index contributed by atoms with van der Waals surface area (Å²) in [5, 5.41) is 12.9. The Labute approximate surface area is 137 Å². The van der Waals surface area contributed by atoms with Crippen molar-refractivity contribution in [2.45, 2.75) is 26.0 Å². The van der Waals surface area contributed by atoms with Gasteiger partial charge in [0.25, 0.3) is 0 Å². The molecule has 3 atom stereocenters. The Hall–Kier alpha value is -1.50. The van der Waals surface area contributed by atoms with Crippen molar-refractivity contribution < 1.29 is 19.4 Å². The van der Waals surface area contributed by atoms with E-state index in [1.807, 2.05) is 0 Å². The fourth-order valence-corrected chi connectivity index (χ4v) is 1.74. The molecule has 1 amide bonds. The molecule has 1 aromatic rings. The second-order valence-corrected chi connectivity index (χ2v) is 5.05. The molecular formula is C15H25ClN2O4. The van der Waals surface area contributed by atoms with Crippen molar-refractivity contribution >= 4 is 18.3 Å². The Morgan fingerprint density at radius 1 is 1.23 bits per heavy atom. The van der Waals surface area contributed by atoms with E-state index >= 15 is 0 Å². The van der Waals surface area contributed by atoms with Crippen LogP contribution < -0.4 is 20.5 Å². The second kappa shape index (κ2) is 9.50. The summed E-state index contributed by atoms with van der Waals surface area (Å²) in [5.41, 5.74) is 6.28. The number of hydrogen-bond donors (Lipinski definition) is 3. The van der Waals surface area contributed by atoms with E-state index in [1.165, 1.54) is 14.2 Å². The Kier molecular flexibility index (Phi) is 8.86. The zero-order chi connectivity index (χ0) is 16.0. The summed E-state index contributed by atoms with van der Waals surface area (Å²) in [5.74, 6) is 0.674. The Morgan fingerprint density at radius 2 is 1.73 bits per heavy atom. The fourth-order valence-electron chi connectivity index (χ4n) is 1.74. The molecule has 0 radical (unpaired) electrons. The molecule has 1 rings (SSSR count). The van der Waals surface area contributed by atoms with E-state index in [0.717, 1.165) is 0 Å². The molecule has 3 unspecified atom stereocenters. The highest BCUT2D eigenvalue weighted by Crippen LogP contribution is 2.26. The largest absolute Gasteiger partial charge is 0.497 e. The maximum atomic E-state index is 11.8. The zero-order valence-electron chi connectivity index (χ0n) is 13.3. The molecule has 0 heterocycles. The number of amides is 1. The molecule has 0 fully saturated rings. The lowest BCUT2D eigenvalue weighted by Crippen LogP contribution is -2.40. The van der Waals surface area contributed by atoms with Gasteiger partial charge in [0.1, 0.15) is 11.5 Å². The number of methoxy groups -OCH3 is 2. The minimum absolute atomic E-state index is 0. The maximum Gasteiger partial charge on any atom is 0.224 e. The number of nitrogens with two attached hydrogens (primary N) is 1. The highest BCUT2D eigenvalue weighted by atomic mass is 35.5. The van der Waals surface area contributed by atoms with Crippen LogP contribution in [-0.2, 0) is 4.79 Å². The van der Waals surface area contributed by atoms with Gasteiger partial charge in [-0.15, -0.1) is 12.4 Å². The monoisotopic (exact) mass is 332 g/mol. The lowest BCUT2D eigenvalue weighted by atomic mass is 10.0. The van der Waals surface area contributed by atoms with Crippen LogP contribution in [0.25, 0.3) is 0 Å². The van der Waals surface area contributed by atoms with Crippen LogP contribution in [0.2, 0.25) is 0 Å². The molecule has 1 aromatic carbocycles. The van der Waals surface area contributed by atoms with Gasteiger partial charge in [0.05, 0.1) is 20.3 Å². The molecule has 22 heavy (non-hydrogen) atoms. The highest BCUT2D eigenvalue weighted by Gasteiger charge is 2.18. The number of halogens is 1. The van der Waals surface area contributed by atoms with Gasteiger partial charge >= 0.3 is 0 Å². The van der Waals surface area contributed by atoms with Crippen LogP contribution >= 0.6 is 12.4 Å². The number of benzene rings is 1. The highest BCUT2D eigenvalue weighted by molar-refractivity contribution is 5.85. The SMILES string of the molecule is COc1cc(OC)cc(C(O)CNC(=O)C(C)C(C)N)c1.Cl. The van der Waals surface area contributed by atoms with Gasteiger partial charge in [0, 0.05) is 24.6 Å². The quantitative estimate of drug-likeness (QED) is 0.699. The van der Waals surface area contributed by atoms with Gasteiger partial charge < -0.3 is 25.6 Å². The minimum Gasteiger partial charge on any atom is -0.497 e. The third-order valence-electron chi connectivity index (χ3n) is 3.43. The molecule has 126 valence electrons. The predicted octanol–water partition coefficient (Wildman–Crippen LogP) is 1.26. The van der Waals surface area contributed by atoms with E-state index in [2.05, 4.69) is 5.32 Å². The number of carbonyl (C=O) groups is 1. The summed E-state index contributed by atoms with van der Waals surface area (Å²) in [6, 6.07) is 4.88. The summed E-state index contributed by atoms with van der Waals surface area (Å²) in [4.78, 5) is 11.8. The van der Waals surface area contributed by atoms with Crippen LogP contribution in [0.3, 0.4) is 0 Å². The summed E-state index contributed by atoms with van der Waals surface area (Å²) in [7, 11) is 3.08. The average molecular weight is 333 g/mol. The first-order valence-electron chi connectivity index (χ1n) is 6.83. The van der Waals surface area contributed by atoms with Crippen molar-refractivity contribution in [3.05, 3.63) is 23.8 Å². The first kappa shape index (κ1) is 20.5. The van der Waals surface area contributed by atoms with Gasteiger partial charge in [-0.2, -0.15) is 0 Å². The number of aliphatic hydroxyl groups is 1. The predicted molar refractivity (Wildman–Crippen MR) is 87.6 cm³/mol. The third-order valence-corrected chi connectivity index (χ3v) is 3.43. The van der Waals surface area contributed by atoms with Gasteiger partial charge in [-0.05, 0) is 24.6 Å². The summed E-state index contributed by atoms with van der Waals surface area (Å²) in [6.45, 7) is 3.63. The van der Waals surface area contributed by atoms with Gasteiger partial charge in [-0.25, -0.2) is 0 Å². The number of rotatable bonds is 7. The third kappa shape index (κ3) is 5.71. The molecule has 0 aliphatic carbocycles. The van der Waals surface area contributed by atoms with Crippen molar-refractivity contribution in [3.8, 4) is 11.5 Å². The molecule has 4 N–H and O–H groups in total. The molecule has 0 aliphatic heterocycles. The van der Waals surface area contributed by atoms with Crippen molar-refractivity contribution in [1.29, 1.82) is 0 Å². The van der Waals surface area contributed by atoms with E-state index in [-0.39, 0.29) is 36.8 Å². The van der Waals surface area contributed by atoms with Gasteiger partial charge in [-0.1, -0.05) is 6.92 Å². The van der Waals surface area contributed by atoms with Crippen LogP contribution in [0.15, 0.2) is 18.2 Å². The van der Waals surface area contributed by atoms with E-state index in [0.29, 0.717) is 17.1 Å². The topological polar surface area (TPSA) is 93.8 Å². The Morgan fingerprint density at radius 3 is 2.14 bits per heavy atom. The lowest BCUT2D eigenvalue weighted by Gasteiger charge is -2.18. The smallest absolute Gasteiger partial charge is 0.224 e. The normalized spacial score (nSPS) is 14.3. The second-order valence-electron chi connectivity index (χ2n) is 5.05. The fraction of sp³-hybridized carbons (Fsp3) is 0.533. The van der Waals surface area contributed by atoms with Gasteiger partial charge in [0.15, 0.2) is 0 Å². The van der Waals surface area contributed by atoms with Crippen LogP contribution in [0.1, 0.15) is 25.5 Å². The number of ether oxygens (including phenoxy) is 2. The maximum absolute atomic E-state index is 11.8. The molecule has 0 saturated heterocycles. The number of carbonyl (C=O) groups excluding carboxylic acids is 1. The van der Waals surface area contributed by atoms with E-state index in [4.69, 9.17) is 15.2 Å². The Bertz CT molecular complexity index is 460. The van der Waals surface area contributed by atoms with Crippen LogP contribution in [0.5, 0.6) is 11.5 Å². The first-order valence-corrected chi connectivity index (χ1v) is 6.83. The van der Waals surface area contributed by atoms with Crippen molar-refractivity contribution in [1.82, 2.24) is 5.32 Å². The molecule has 0 spiro atoms. The summed E-state index contributed by atoms with van der Waals surface area (Å²) in [6.07, 6.45) is -0.849. The standard InChI is InChI=1S/C15H24N2O4.ClH/c1-9(10(2)16)15(19)17-8-14(18)11-5-12(20-3)7-13(6-11)21-4;/h5-7,9-10,14,18H,8,16H2,1-4H3,(H,17,19);1H. The lowest BCUT2D eigenvalue weighted by molar-refractivity contribution is -0.125. The first-order chi connectivity index (χ1) is 9.88. The summed E-state index contributed by atoms with van der Waals surface area (Å²) < 4.78 is 10.3. The van der Waals surface area contributed by atoms with E-state index < -0.39 is 6.10 Å².